The fourth-order valence-corrected chi connectivity index (χ4v) is 4.37. The fourth-order valence-electron chi connectivity index (χ4n) is 2.66. The van der Waals surface area contributed by atoms with Crippen LogP contribution in [0.2, 0.25) is 0 Å². The van der Waals surface area contributed by atoms with Crippen LogP contribution in [0.5, 0.6) is 0 Å². The van der Waals surface area contributed by atoms with E-state index in [9.17, 15) is 8.42 Å². The van der Waals surface area contributed by atoms with Gasteiger partial charge in [0.25, 0.3) is 0 Å². The monoisotopic (exact) mass is 276 g/mol. The molecule has 0 amide bonds. The first-order valence-corrected chi connectivity index (χ1v) is 8.48. The summed E-state index contributed by atoms with van der Waals surface area (Å²) in [5, 5.41) is 3.36. The van der Waals surface area contributed by atoms with Crippen LogP contribution in [0.4, 0.5) is 0 Å². The van der Waals surface area contributed by atoms with Crippen molar-refractivity contribution < 1.29 is 13.2 Å². The van der Waals surface area contributed by atoms with E-state index in [4.69, 9.17) is 4.74 Å². The Kier molecular flexibility index (Phi) is 4.31. The van der Waals surface area contributed by atoms with E-state index in [1.807, 2.05) is 0 Å². The highest BCUT2D eigenvalue weighted by atomic mass is 32.2. The molecule has 0 spiro atoms. The summed E-state index contributed by atoms with van der Waals surface area (Å²) >= 11 is 0. The quantitative estimate of drug-likeness (QED) is 0.775. The first-order valence-electron chi connectivity index (χ1n) is 6.66. The van der Waals surface area contributed by atoms with Crippen LogP contribution in [0.15, 0.2) is 0 Å². The van der Waals surface area contributed by atoms with E-state index in [0.29, 0.717) is 11.5 Å². The maximum atomic E-state index is 11.3. The van der Waals surface area contributed by atoms with E-state index in [0.717, 1.165) is 39.3 Å². The number of rotatable bonds is 4. The molecule has 6 heteroatoms. The Balaban J connectivity index is 1.72. The van der Waals surface area contributed by atoms with Gasteiger partial charge in [-0.15, -0.1) is 0 Å². The Bertz CT molecular complexity index is 381. The van der Waals surface area contributed by atoms with Crippen molar-refractivity contribution in [3.8, 4) is 0 Å². The molecule has 0 aromatic rings. The Morgan fingerprint density at radius 3 is 2.83 bits per heavy atom. The zero-order valence-electron chi connectivity index (χ0n) is 11.3. The average molecular weight is 276 g/mol. The zero-order chi connectivity index (χ0) is 13.2. The lowest BCUT2D eigenvalue weighted by Gasteiger charge is -2.42. The maximum Gasteiger partial charge on any atom is 0.151 e. The predicted molar refractivity (Wildman–Crippen MR) is 71.5 cm³/mol. The highest BCUT2D eigenvalue weighted by Gasteiger charge is 2.31. The Hall–Kier alpha value is -0.170. The van der Waals surface area contributed by atoms with Gasteiger partial charge in [-0.2, -0.15) is 0 Å². The molecule has 106 valence electrons. The Labute approximate surface area is 110 Å². The zero-order valence-corrected chi connectivity index (χ0v) is 12.1. The van der Waals surface area contributed by atoms with Crippen LogP contribution in [-0.2, 0) is 14.6 Å². The van der Waals surface area contributed by atoms with Gasteiger partial charge in [-0.25, -0.2) is 8.42 Å². The number of morpholine rings is 1. The molecule has 0 aromatic heterocycles. The van der Waals surface area contributed by atoms with Gasteiger partial charge in [-0.3, -0.25) is 4.90 Å². The summed E-state index contributed by atoms with van der Waals surface area (Å²) in [5.41, 5.74) is 0.0850. The molecule has 18 heavy (non-hydrogen) atoms. The summed E-state index contributed by atoms with van der Waals surface area (Å²) in [5.74, 6) is 0.646. The lowest BCUT2D eigenvalue weighted by Crippen LogP contribution is -2.55. The van der Waals surface area contributed by atoms with E-state index in [2.05, 4.69) is 24.1 Å². The molecule has 1 atom stereocenters. The highest BCUT2D eigenvalue weighted by Crippen LogP contribution is 2.18. The van der Waals surface area contributed by atoms with E-state index in [1.165, 1.54) is 0 Å². The fraction of sp³-hybridized carbons (Fsp3) is 1.00. The van der Waals surface area contributed by atoms with Gasteiger partial charge in [-0.1, -0.05) is 0 Å². The molecule has 0 radical (unpaired) electrons. The molecule has 2 aliphatic rings. The second-order valence-corrected chi connectivity index (χ2v) is 8.13. The molecule has 2 rings (SSSR count). The van der Waals surface area contributed by atoms with Crippen molar-refractivity contribution >= 4 is 9.84 Å². The molecule has 0 saturated carbocycles. The third kappa shape index (κ3) is 3.66. The third-order valence-corrected chi connectivity index (χ3v) is 5.63. The first kappa shape index (κ1) is 14.2. The third-order valence-electron chi connectivity index (χ3n) is 3.86. The molecule has 2 saturated heterocycles. The van der Waals surface area contributed by atoms with Crippen molar-refractivity contribution in [1.82, 2.24) is 10.2 Å². The van der Waals surface area contributed by atoms with Crippen molar-refractivity contribution in [1.29, 1.82) is 0 Å². The molecule has 0 bridgehead atoms. The normalized spacial score (nSPS) is 31.6. The minimum Gasteiger partial charge on any atom is -0.378 e. The average Bonchev–Trinajstić information content (AvgIpc) is 2.60. The van der Waals surface area contributed by atoms with Crippen LogP contribution in [0.25, 0.3) is 0 Å². The lowest BCUT2D eigenvalue weighted by molar-refractivity contribution is -0.0501. The second-order valence-electron chi connectivity index (χ2n) is 5.91. The molecular weight excluding hydrogens is 252 g/mol. The number of nitrogens with one attached hydrogen (secondary N) is 1. The topological polar surface area (TPSA) is 58.6 Å². The van der Waals surface area contributed by atoms with Crippen molar-refractivity contribution in [2.75, 3.05) is 44.4 Å². The number of ether oxygens (including phenoxy) is 1. The summed E-state index contributed by atoms with van der Waals surface area (Å²) in [7, 11) is -2.77. The van der Waals surface area contributed by atoms with Crippen molar-refractivity contribution in [3.05, 3.63) is 0 Å². The summed E-state index contributed by atoms with van der Waals surface area (Å²) in [6.07, 6.45) is 0.759. The van der Waals surface area contributed by atoms with Gasteiger partial charge < -0.3 is 10.1 Å². The SMILES string of the molecule is CC1(C)COCCN1CCNC1CCS(=O)(=O)C1. The number of hydrogen-bond donors (Lipinski definition) is 1. The summed E-state index contributed by atoms with van der Waals surface area (Å²) in [4.78, 5) is 2.41. The van der Waals surface area contributed by atoms with Crippen LogP contribution in [-0.4, -0.2) is 69.3 Å². The maximum absolute atomic E-state index is 11.3. The van der Waals surface area contributed by atoms with Gasteiger partial charge in [0, 0.05) is 31.2 Å². The number of nitrogens with zero attached hydrogens (tertiary/aromatic N) is 1. The molecule has 0 aliphatic carbocycles. The molecule has 1 N–H and O–H groups in total. The van der Waals surface area contributed by atoms with Crippen LogP contribution < -0.4 is 5.32 Å². The molecule has 1 unspecified atom stereocenters. The molecule has 2 heterocycles. The smallest absolute Gasteiger partial charge is 0.151 e. The predicted octanol–water partition coefficient (Wildman–Crippen LogP) is -0.126. The van der Waals surface area contributed by atoms with Gasteiger partial charge in [0.1, 0.15) is 0 Å². The van der Waals surface area contributed by atoms with E-state index >= 15 is 0 Å². The van der Waals surface area contributed by atoms with Gasteiger partial charge in [0.05, 0.1) is 24.7 Å². The van der Waals surface area contributed by atoms with Gasteiger partial charge in [-0.05, 0) is 20.3 Å². The number of hydrogen-bond acceptors (Lipinski definition) is 5. The largest absolute Gasteiger partial charge is 0.378 e. The van der Waals surface area contributed by atoms with Crippen molar-refractivity contribution in [2.45, 2.75) is 31.8 Å². The molecule has 5 nitrogen and oxygen atoms in total. The van der Waals surface area contributed by atoms with Gasteiger partial charge >= 0.3 is 0 Å². The Morgan fingerprint density at radius 2 is 2.22 bits per heavy atom. The molecule has 0 aromatic carbocycles. The summed E-state index contributed by atoms with van der Waals surface area (Å²) < 4.78 is 28.2. The standard InChI is InChI=1S/C12H24N2O3S/c1-12(2)10-17-7-6-14(12)5-4-13-11-3-8-18(15,16)9-11/h11,13H,3-10H2,1-2H3. The molecule has 2 aliphatic heterocycles. The van der Waals surface area contributed by atoms with E-state index in [1.54, 1.807) is 0 Å². The Morgan fingerprint density at radius 1 is 1.44 bits per heavy atom. The molecule has 2 fully saturated rings. The van der Waals surface area contributed by atoms with Crippen molar-refractivity contribution in [3.63, 3.8) is 0 Å². The minimum absolute atomic E-state index is 0.0850. The first-order chi connectivity index (χ1) is 8.39. The highest BCUT2D eigenvalue weighted by molar-refractivity contribution is 7.91. The van der Waals surface area contributed by atoms with Crippen LogP contribution >= 0.6 is 0 Å². The lowest BCUT2D eigenvalue weighted by atomic mass is 10.0. The second kappa shape index (κ2) is 5.45. The van der Waals surface area contributed by atoms with Gasteiger partial charge in [0.2, 0.25) is 0 Å². The van der Waals surface area contributed by atoms with E-state index in [-0.39, 0.29) is 11.6 Å². The van der Waals surface area contributed by atoms with Gasteiger partial charge in [0.15, 0.2) is 9.84 Å². The number of sulfone groups is 1. The minimum atomic E-state index is -2.77. The van der Waals surface area contributed by atoms with Crippen LogP contribution in [0, 0.1) is 0 Å². The van der Waals surface area contributed by atoms with Crippen LogP contribution in [0.3, 0.4) is 0 Å². The van der Waals surface area contributed by atoms with Crippen LogP contribution in [0.1, 0.15) is 20.3 Å². The van der Waals surface area contributed by atoms with Crippen molar-refractivity contribution in [2.24, 2.45) is 0 Å². The summed E-state index contributed by atoms with van der Waals surface area (Å²) in [6.45, 7) is 8.69. The summed E-state index contributed by atoms with van der Waals surface area (Å²) in [6, 6.07) is 0.152. The molecular formula is C12H24N2O3S. The van der Waals surface area contributed by atoms with E-state index < -0.39 is 9.84 Å².